The number of hydrogen-bond acceptors (Lipinski definition) is 5. The summed E-state index contributed by atoms with van der Waals surface area (Å²) in [6.45, 7) is 3.17. The smallest absolute Gasteiger partial charge is 0.203 e. The molecule has 1 aliphatic rings. The third-order valence-electron chi connectivity index (χ3n) is 2.84. The fourth-order valence-corrected chi connectivity index (χ4v) is 1.63. The summed E-state index contributed by atoms with van der Waals surface area (Å²) in [5.74, 6) is 3.17. The van der Waals surface area contributed by atoms with Crippen LogP contribution < -0.4 is 15.8 Å². The minimum Gasteiger partial charge on any atom is -0.490 e. The fraction of sp³-hybridized carbons (Fsp3) is 0.600. The van der Waals surface area contributed by atoms with Crippen LogP contribution in [-0.2, 0) is 0 Å². The highest BCUT2D eigenvalue weighted by molar-refractivity contribution is 5.61. The number of nitrogen functional groups attached to an aromatic ring is 1. The first-order valence-electron chi connectivity index (χ1n) is 5.10. The van der Waals surface area contributed by atoms with Gasteiger partial charge in [-0.05, 0) is 18.3 Å². The van der Waals surface area contributed by atoms with Crippen LogP contribution in [0.25, 0.3) is 0 Å². The molecule has 1 aliphatic carbocycles. The van der Waals surface area contributed by atoms with Crippen LogP contribution in [-0.4, -0.2) is 23.6 Å². The van der Waals surface area contributed by atoms with Crippen LogP contribution in [0.15, 0.2) is 6.33 Å². The van der Waals surface area contributed by atoms with E-state index in [4.69, 9.17) is 10.5 Å². The minimum atomic E-state index is 0.374. The van der Waals surface area contributed by atoms with Crippen molar-refractivity contribution in [2.24, 2.45) is 11.8 Å². The molecule has 1 heterocycles. The average Bonchev–Trinajstić information content (AvgIpc) is 2.92. The molecular formula is C10H16N4O. The van der Waals surface area contributed by atoms with Gasteiger partial charge in [0.05, 0.1) is 7.11 Å². The number of nitrogens with zero attached hydrogens (tertiary/aromatic N) is 2. The molecule has 3 N–H and O–H groups in total. The molecule has 0 amide bonds. The zero-order valence-electron chi connectivity index (χ0n) is 9.03. The molecule has 5 nitrogen and oxygen atoms in total. The number of anilines is 2. The molecule has 82 valence electrons. The lowest BCUT2D eigenvalue weighted by Gasteiger charge is -2.10. The van der Waals surface area contributed by atoms with Gasteiger partial charge in [0.25, 0.3) is 0 Å². The van der Waals surface area contributed by atoms with Gasteiger partial charge in [-0.1, -0.05) is 6.92 Å². The van der Waals surface area contributed by atoms with E-state index in [9.17, 15) is 0 Å². The number of aromatic nitrogens is 2. The SMILES string of the molecule is COc1c(N)ncnc1NCC1CC1C. The lowest BCUT2D eigenvalue weighted by atomic mass is 10.3. The van der Waals surface area contributed by atoms with Gasteiger partial charge in [-0.2, -0.15) is 0 Å². The number of ether oxygens (including phenoxy) is 1. The largest absolute Gasteiger partial charge is 0.490 e. The molecule has 15 heavy (non-hydrogen) atoms. The van der Waals surface area contributed by atoms with Crippen molar-refractivity contribution in [1.82, 2.24) is 9.97 Å². The summed E-state index contributed by atoms with van der Waals surface area (Å²) in [5, 5.41) is 3.24. The summed E-state index contributed by atoms with van der Waals surface area (Å²) >= 11 is 0. The molecule has 1 fully saturated rings. The Labute approximate surface area is 89.1 Å². The van der Waals surface area contributed by atoms with Crippen molar-refractivity contribution < 1.29 is 4.74 Å². The molecule has 2 rings (SSSR count). The van der Waals surface area contributed by atoms with Gasteiger partial charge in [0.15, 0.2) is 11.6 Å². The second kappa shape index (κ2) is 3.92. The number of methoxy groups -OCH3 is 1. The van der Waals surface area contributed by atoms with Gasteiger partial charge in [0.1, 0.15) is 6.33 Å². The quantitative estimate of drug-likeness (QED) is 0.776. The Bertz CT molecular complexity index is 355. The van der Waals surface area contributed by atoms with Gasteiger partial charge in [-0.15, -0.1) is 0 Å². The van der Waals surface area contributed by atoms with Gasteiger partial charge in [-0.3, -0.25) is 0 Å². The molecule has 1 aromatic rings. The van der Waals surface area contributed by atoms with E-state index in [1.807, 2.05) is 0 Å². The second-order valence-corrected chi connectivity index (χ2v) is 3.99. The van der Waals surface area contributed by atoms with E-state index in [0.29, 0.717) is 17.4 Å². The van der Waals surface area contributed by atoms with Crippen molar-refractivity contribution in [3.05, 3.63) is 6.33 Å². The zero-order valence-corrected chi connectivity index (χ0v) is 9.03. The fourth-order valence-electron chi connectivity index (χ4n) is 1.63. The molecule has 0 spiro atoms. The predicted octanol–water partition coefficient (Wildman–Crippen LogP) is 1.14. The van der Waals surface area contributed by atoms with Crippen molar-refractivity contribution in [3.8, 4) is 5.75 Å². The summed E-state index contributed by atoms with van der Waals surface area (Å²) in [6.07, 6.45) is 2.73. The van der Waals surface area contributed by atoms with Crippen LogP contribution in [0.2, 0.25) is 0 Å². The average molecular weight is 208 g/mol. The van der Waals surface area contributed by atoms with Gasteiger partial charge in [0, 0.05) is 6.54 Å². The third-order valence-corrected chi connectivity index (χ3v) is 2.84. The molecule has 1 aromatic heterocycles. The highest BCUT2D eigenvalue weighted by Gasteiger charge is 2.32. The molecular weight excluding hydrogens is 192 g/mol. The van der Waals surface area contributed by atoms with Crippen molar-refractivity contribution in [1.29, 1.82) is 0 Å². The normalized spacial score (nSPS) is 23.6. The number of hydrogen-bond donors (Lipinski definition) is 2. The van der Waals surface area contributed by atoms with Crippen LogP contribution in [0.1, 0.15) is 13.3 Å². The van der Waals surface area contributed by atoms with Crippen LogP contribution in [0.4, 0.5) is 11.6 Å². The predicted molar refractivity (Wildman–Crippen MR) is 58.8 cm³/mol. The molecule has 0 saturated heterocycles. The number of rotatable bonds is 4. The summed E-state index contributed by atoms with van der Waals surface area (Å²) in [6, 6.07) is 0. The summed E-state index contributed by atoms with van der Waals surface area (Å²) < 4.78 is 5.14. The molecule has 0 radical (unpaired) electrons. The number of nitrogens with two attached hydrogens (primary N) is 1. The highest BCUT2D eigenvalue weighted by Crippen LogP contribution is 2.38. The Morgan fingerprint density at radius 3 is 2.93 bits per heavy atom. The summed E-state index contributed by atoms with van der Waals surface area (Å²) in [4.78, 5) is 7.98. The maximum absolute atomic E-state index is 5.67. The molecule has 0 bridgehead atoms. The van der Waals surface area contributed by atoms with Crippen molar-refractivity contribution in [2.45, 2.75) is 13.3 Å². The maximum Gasteiger partial charge on any atom is 0.203 e. The van der Waals surface area contributed by atoms with Gasteiger partial charge in [-0.25, -0.2) is 9.97 Å². The molecule has 5 heteroatoms. The summed E-state index contributed by atoms with van der Waals surface area (Å²) in [5.41, 5.74) is 5.67. The van der Waals surface area contributed by atoms with Gasteiger partial charge >= 0.3 is 0 Å². The zero-order chi connectivity index (χ0) is 10.8. The highest BCUT2D eigenvalue weighted by atomic mass is 16.5. The second-order valence-electron chi connectivity index (χ2n) is 3.99. The lowest BCUT2D eigenvalue weighted by molar-refractivity contribution is 0.415. The Morgan fingerprint density at radius 2 is 2.33 bits per heavy atom. The van der Waals surface area contributed by atoms with E-state index in [-0.39, 0.29) is 0 Å². The van der Waals surface area contributed by atoms with Crippen LogP contribution in [0.5, 0.6) is 5.75 Å². The Balaban J connectivity index is 2.03. The third kappa shape index (κ3) is 2.11. The topological polar surface area (TPSA) is 73.1 Å². The lowest BCUT2D eigenvalue weighted by Crippen LogP contribution is -2.09. The Hall–Kier alpha value is -1.52. The monoisotopic (exact) mass is 208 g/mol. The maximum atomic E-state index is 5.67. The number of nitrogens with one attached hydrogen (secondary N) is 1. The van der Waals surface area contributed by atoms with Crippen molar-refractivity contribution in [3.63, 3.8) is 0 Å². The van der Waals surface area contributed by atoms with E-state index in [1.165, 1.54) is 12.7 Å². The Morgan fingerprint density at radius 1 is 1.60 bits per heavy atom. The van der Waals surface area contributed by atoms with E-state index in [0.717, 1.165) is 18.4 Å². The van der Waals surface area contributed by atoms with Crippen molar-refractivity contribution >= 4 is 11.6 Å². The van der Waals surface area contributed by atoms with Crippen LogP contribution in [0.3, 0.4) is 0 Å². The minimum absolute atomic E-state index is 0.374. The van der Waals surface area contributed by atoms with E-state index in [2.05, 4.69) is 22.2 Å². The first kappa shape index (κ1) is 10.0. The first-order chi connectivity index (χ1) is 7.22. The molecule has 2 atom stereocenters. The van der Waals surface area contributed by atoms with E-state index in [1.54, 1.807) is 7.11 Å². The van der Waals surface area contributed by atoms with Gasteiger partial charge < -0.3 is 15.8 Å². The van der Waals surface area contributed by atoms with E-state index >= 15 is 0 Å². The van der Waals surface area contributed by atoms with Crippen LogP contribution >= 0.6 is 0 Å². The van der Waals surface area contributed by atoms with Gasteiger partial charge in [0.2, 0.25) is 5.75 Å². The van der Waals surface area contributed by atoms with Crippen LogP contribution in [0, 0.1) is 11.8 Å². The first-order valence-corrected chi connectivity index (χ1v) is 5.10. The summed E-state index contributed by atoms with van der Waals surface area (Å²) in [7, 11) is 1.57. The Kier molecular flexibility index (Phi) is 2.62. The molecule has 0 aromatic carbocycles. The van der Waals surface area contributed by atoms with E-state index < -0.39 is 0 Å². The molecule has 2 unspecified atom stereocenters. The van der Waals surface area contributed by atoms with Crippen molar-refractivity contribution in [2.75, 3.05) is 24.7 Å². The molecule has 0 aliphatic heterocycles. The molecule has 1 saturated carbocycles. The standard InChI is InChI=1S/C10H16N4O/c1-6-3-7(6)4-12-10-8(15-2)9(11)13-5-14-10/h5-7H,3-4H2,1-2H3,(H3,11,12,13,14).